The van der Waals surface area contributed by atoms with Crippen molar-refractivity contribution >= 4 is 11.8 Å². The highest BCUT2D eigenvalue weighted by Gasteiger charge is 2.32. The largest absolute Gasteiger partial charge is 0.314 e. The Labute approximate surface area is 106 Å². The summed E-state index contributed by atoms with van der Waals surface area (Å²) in [5.41, 5.74) is 0. The summed E-state index contributed by atoms with van der Waals surface area (Å²) in [7, 11) is 0. The van der Waals surface area contributed by atoms with E-state index in [1.54, 1.807) is 0 Å². The monoisotopic (exact) mass is 276 g/mol. The Morgan fingerprint density at radius 3 is 2.26 bits per heavy atom. The molecule has 1 rings (SSSR count). The van der Waals surface area contributed by atoms with E-state index in [4.69, 9.17) is 0 Å². The van der Waals surface area contributed by atoms with E-state index in [0.717, 1.165) is 4.90 Å². The average molecular weight is 276 g/mol. The number of hydrogen-bond donors (Lipinski definition) is 0. The van der Waals surface area contributed by atoms with E-state index in [2.05, 4.69) is 4.84 Å². The fourth-order valence-corrected chi connectivity index (χ4v) is 1.53. The van der Waals surface area contributed by atoms with Crippen molar-refractivity contribution in [2.45, 2.75) is 19.3 Å². The van der Waals surface area contributed by atoms with Crippen LogP contribution in [0.5, 0.6) is 0 Å². The van der Waals surface area contributed by atoms with E-state index < -0.39 is 28.6 Å². The predicted molar refractivity (Wildman–Crippen MR) is 57.2 cm³/mol. The maximum atomic E-state index is 11.3. The number of nitro groups is 1. The van der Waals surface area contributed by atoms with Gasteiger partial charge in [0.15, 0.2) is 11.7 Å². The molecule has 0 bridgehead atoms. The molecule has 11 nitrogen and oxygen atoms in total. The van der Waals surface area contributed by atoms with Crippen molar-refractivity contribution in [1.29, 1.82) is 0 Å². The van der Waals surface area contributed by atoms with Gasteiger partial charge in [-0.1, -0.05) is 0 Å². The third-order valence-corrected chi connectivity index (χ3v) is 2.45. The van der Waals surface area contributed by atoms with Crippen LogP contribution in [-0.4, -0.2) is 51.7 Å². The first-order chi connectivity index (χ1) is 8.91. The number of hydrogen-bond acceptors (Lipinski definition) is 7. The fourth-order valence-electron chi connectivity index (χ4n) is 1.53. The van der Waals surface area contributed by atoms with Gasteiger partial charge in [-0.05, 0) is 6.42 Å². The van der Waals surface area contributed by atoms with Gasteiger partial charge in [0.25, 0.3) is 5.09 Å². The van der Waals surface area contributed by atoms with Crippen LogP contribution in [0.3, 0.4) is 0 Å². The second-order valence-electron chi connectivity index (χ2n) is 3.74. The lowest BCUT2D eigenvalue weighted by Crippen LogP contribution is -2.44. The molecule has 106 valence electrons. The topological polar surface area (TPSA) is 136 Å². The Balaban J connectivity index is 2.44. The van der Waals surface area contributed by atoms with Gasteiger partial charge in [0.2, 0.25) is 11.8 Å². The van der Waals surface area contributed by atoms with Crippen molar-refractivity contribution in [2.75, 3.05) is 19.8 Å². The van der Waals surface area contributed by atoms with Crippen molar-refractivity contribution in [3.8, 4) is 0 Å². The molecule has 1 saturated heterocycles. The highest BCUT2D eigenvalue weighted by atomic mass is 16.9. The molecule has 0 aliphatic carbocycles. The molecule has 1 fully saturated rings. The lowest BCUT2D eigenvalue weighted by Gasteiger charge is -2.19. The summed E-state index contributed by atoms with van der Waals surface area (Å²) in [4.78, 5) is 48.0. The summed E-state index contributed by atoms with van der Waals surface area (Å²) in [5, 5.41) is 19.5. The Morgan fingerprint density at radius 2 is 1.79 bits per heavy atom. The Hall–Kier alpha value is -2.46. The number of amides is 2. The minimum absolute atomic E-state index is 0.0260. The maximum absolute atomic E-state index is 11.3. The van der Waals surface area contributed by atoms with Gasteiger partial charge < -0.3 is 4.84 Å². The summed E-state index contributed by atoms with van der Waals surface area (Å²) < 4.78 is 0. The normalized spacial score (nSPS) is 14.6. The molecule has 0 spiro atoms. The Morgan fingerprint density at radius 1 is 1.21 bits per heavy atom. The molecule has 1 heterocycles. The minimum Gasteiger partial charge on any atom is -0.314 e. The smallest absolute Gasteiger partial charge is 0.294 e. The van der Waals surface area contributed by atoms with Gasteiger partial charge in [-0.15, -0.1) is 15.1 Å². The Bertz CT molecular complexity index is 383. The van der Waals surface area contributed by atoms with Crippen molar-refractivity contribution in [1.82, 2.24) is 9.91 Å². The molecule has 1 aliphatic heterocycles. The van der Waals surface area contributed by atoms with Crippen LogP contribution in [-0.2, 0) is 14.4 Å². The van der Waals surface area contributed by atoms with Crippen molar-refractivity contribution in [3.63, 3.8) is 0 Å². The van der Waals surface area contributed by atoms with Gasteiger partial charge in [-0.25, -0.2) is 10.1 Å². The zero-order chi connectivity index (χ0) is 14.4. The minimum atomic E-state index is -0.996. The molecule has 19 heavy (non-hydrogen) atoms. The standard InChI is InChI=1S/C8H12N4O7/c13-7-2-3-8(14)10(7)6-9(11(15)16)4-1-5-19-12(17)18/h1-6H2. The van der Waals surface area contributed by atoms with Crippen LogP contribution in [0.2, 0.25) is 0 Å². The molecular formula is C8H12N4O7. The zero-order valence-electron chi connectivity index (χ0n) is 9.89. The number of rotatable bonds is 8. The summed E-state index contributed by atoms with van der Waals surface area (Å²) >= 11 is 0. The Kier molecular flexibility index (Phi) is 4.97. The van der Waals surface area contributed by atoms with Crippen molar-refractivity contribution in [3.05, 3.63) is 20.2 Å². The molecule has 0 saturated carbocycles. The van der Waals surface area contributed by atoms with Crippen LogP contribution >= 0.6 is 0 Å². The first-order valence-corrected chi connectivity index (χ1v) is 5.41. The molecule has 0 atom stereocenters. The molecule has 0 aromatic carbocycles. The highest BCUT2D eigenvalue weighted by Crippen LogP contribution is 2.12. The van der Waals surface area contributed by atoms with Gasteiger partial charge in [-0.3, -0.25) is 14.5 Å². The molecule has 1 aliphatic rings. The van der Waals surface area contributed by atoms with Gasteiger partial charge in [0.1, 0.15) is 0 Å². The van der Waals surface area contributed by atoms with E-state index >= 15 is 0 Å². The summed E-state index contributed by atoms with van der Waals surface area (Å²) in [6.07, 6.45) is 0.127. The van der Waals surface area contributed by atoms with Gasteiger partial charge in [0, 0.05) is 12.8 Å². The predicted octanol–water partition coefficient (Wildman–Crippen LogP) is -0.815. The van der Waals surface area contributed by atoms with E-state index in [-0.39, 0.29) is 32.4 Å². The van der Waals surface area contributed by atoms with Gasteiger partial charge in [0.05, 0.1) is 13.2 Å². The van der Waals surface area contributed by atoms with Crippen LogP contribution in [0, 0.1) is 20.2 Å². The second-order valence-corrected chi connectivity index (χ2v) is 3.74. The van der Waals surface area contributed by atoms with Gasteiger partial charge in [-0.2, -0.15) is 0 Å². The maximum Gasteiger partial charge on any atom is 0.294 e. The average Bonchev–Trinajstić information content (AvgIpc) is 2.63. The first-order valence-electron chi connectivity index (χ1n) is 5.41. The highest BCUT2D eigenvalue weighted by molar-refractivity contribution is 6.01. The molecule has 0 aromatic heterocycles. The SMILES string of the molecule is O=C1CCC(=O)N1CN(CCCO[N+](=O)[O-])[N+](=O)[O-]. The fraction of sp³-hybridized carbons (Fsp3) is 0.750. The quantitative estimate of drug-likeness (QED) is 0.243. The third-order valence-electron chi connectivity index (χ3n) is 2.45. The molecular weight excluding hydrogens is 264 g/mol. The molecule has 0 radical (unpaired) electrons. The second kappa shape index (κ2) is 6.47. The lowest BCUT2D eigenvalue weighted by molar-refractivity contribution is -0.758. The number of carbonyl (C=O) groups excluding carboxylic acids is 2. The summed E-state index contributed by atoms with van der Waals surface area (Å²) in [6, 6.07) is 0. The van der Waals surface area contributed by atoms with Crippen LogP contribution in [0.4, 0.5) is 0 Å². The number of carbonyl (C=O) groups is 2. The lowest BCUT2D eigenvalue weighted by atomic mass is 10.4. The molecule has 0 aromatic rings. The van der Waals surface area contributed by atoms with E-state index in [1.165, 1.54) is 0 Å². The van der Waals surface area contributed by atoms with Crippen LogP contribution in [0.25, 0.3) is 0 Å². The number of nitrogens with zero attached hydrogens (tertiary/aromatic N) is 4. The van der Waals surface area contributed by atoms with Gasteiger partial charge >= 0.3 is 0 Å². The molecule has 11 heteroatoms. The van der Waals surface area contributed by atoms with E-state index in [9.17, 15) is 29.8 Å². The summed E-state index contributed by atoms with van der Waals surface area (Å²) in [6.45, 7) is -0.916. The van der Waals surface area contributed by atoms with Crippen LogP contribution in [0.1, 0.15) is 19.3 Å². The molecule has 2 amide bonds. The zero-order valence-corrected chi connectivity index (χ0v) is 9.89. The number of hydrazine groups is 1. The summed E-state index contributed by atoms with van der Waals surface area (Å²) in [5.74, 6) is -0.920. The molecule has 0 N–H and O–H groups in total. The van der Waals surface area contributed by atoms with E-state index in [1.807, 2.05) is 0 Å². The van der Waals surface area contributed by atoms with Crippen molar-refractivity contribution in [2.24, 2.45) is 0 Å². The van der Waals surface area contributed by atoms with E-state index in [0.29, 0.717) is 5.01 Å². The van der Waals surface area contributed by atoms with Crippen LogP contribution in [0.15, 0.2) is 0 Å². The third kappa shape index (κ3) is 4.37. The van der Waals surface area contributed by atoms with Crippen molar-refractivity contribution < 1.29 is 24.5 Å². The number of imide groups is 1. The number of likely N-dealkylation sites (tertiary alicyclic amines) is 1. The van der Waals surface area contributed by atoms with Crippen LogP contribution < -0.4 is 0 Å². The first kappa shape index (κ1) is 14.6. The molecule has 0 unspecified atom stereocenters.